The predicted molar refractivity (Wildman–Crippen MR) is 250 cm³/mol. The number of fused-ring (bicyclic) bond motifs is 9. The van der Waals surface area contributed by atoms with E-state index in [4.69, 9.17) is 8.83 Å². The van der Waals surface area contributed by atoms with Crippen LogP contribution >= 0.6 is 0 Å². The van der Waals surface area contributed by atoms with E-state index in [1.54, 1.807) is 0 Å². The zero-order valence-electron chi connectivity index (χ0n) is 33.3. The first kappa shape index (κ1) is 34.4. The number of para-hydroxylation sites is 2. The van der Waals surface area contributed by atoms with Crippen molar-refractivity contribution in [3.63, 3.8) is 0 Å². The van der Waals surface area contributed by atoms with E-state index in [1.165, 1.54) is 49.9 Å². The number of nitrogens with zero attached hydrogens (tertiary/aromatic N) is 1. The Bertz CT molecular complexity index is 3440. The summed E-state index contributed by atoms with van der Waals surface area (Å²) in [5.74, 6) is 0. The molecule has 0 amide bonds. The van der Waals surface area contributed by atoms with Crippen LogP contribution in [0.4, 0.5) is 17.1 Å². The lowest BCUT2D eigenvalue weighted by Crippen LogP contribution is -2.14. The zero-order valence-corrected chi connectivity index (χ0v) is 33.3. The smallest absolute Gasteiger partial charge is 0.136 e. The highest BCUT2D eigenvalue weighted by atomic mass is 16.3. The van der Waals surface area contributed by atoms with Gasteiger partial charge in [0, 0.05) is 44.0 Å². The summed E-state index contributed by atoms with van der Waals surface area (Å²) >= 11 is 0. The summed E-state index contributed by atoms with van der Waals surface area (Å²) in [5.41, 5.74) is 19.1. The van der Waals surface area contributed by atoms with Crippen molar-refractivity contribution in [3.05, 3.63) is 211 Å². The summed E-state index contributed by atoms with van der Waals surface area (Å²) in [5, 5.41) is 4.60. The summed E-state index contributed by atoms with van der Waals surface area (Å²) in [6, 6.07) is 72.0. The lowest BCUT2D eigenvalue weighted by atomic mass is 9.82. The van der Waals surface area contributed by atoms with Crippen LogP contribution in [0.25, 0.3) is 88.4 Å². The Morgan fingerprint density at radius 1 is 0.333 bits per heavy atom. The molecule has 0 atom stereocenters. The maximum atomic E-state index is 6.33. The lowest BCUT2D eigenvalue weighted by Gasteiger charge is -2.26. The molecule has 3 heteroatoms. The average molecular weight is 770 g/mol. The lowest BCUT2D eigenvalue weighted by molar-refractivity contribution is 0.647. The third-order valence-corrected chi connectivity index (χ3v) is 12.7. The second-order valence-corrected chi connectivity index (χ2v) is 16.5. The van der Waals surface area contributed by atoms with E-state index in [2.05, 4.69) is 201 Å². The van der Waals surface area contributed by atoms with Crippen molar-refractivity contribution in [1.29, 1.82) is 0 Å². The minimum Gasteiger partial charge on any atom is -0.456 e. The Kier molecular flexibility index (Phi) is 7.58. The minimum absolute atomic E-state index is 0.136. The molecular weight excluding hydrogens is 731 g/mol. The van der Waals surface area contributed by atoms with Gasteiger partial charge in [-0.05, 0) is 128 Å². The molecule has 0 saturated carbocycles. The normalized spacial score (nSPS) is 13.0. The minimum atomic E-state index is -0.136. The number of hydrogen-bond acceptors (Lipinski definition) is 3. The van der Waals surface area contributed by atoms with Crippen molar-refractivity contribution >= 4 is 60.9 Å². The molecule has 0 N–H and O–H groups in total. The van der Waals surface area contributed by atoms with Crippen molar-refractivity contribution in [2.75, 3.05) is 4.90 Å². The first-order chi connectivity index (χ1) is 29.5. The summed E-state index contributed by atoms with van der Waals surface area (Å²) < 4.78 is 12.6. The van der Waals surface area contributed by atoms with Crippen molar-refractivity contribution in [1.82, 2.24) is 0 Å². The van der Waals surface area contributed by atoms with Gasteiger partial charge in [0.1, 0.15) is 22.3 Å². The van der Waals surface area contributed by atoms with Crippen LogP contribution < -0.4 is 4.90 Å². The van der Waals surface area contributed by atoms with Gasteiger partial charge in [0.25, 0.3) is 0 Å². The van der Waals surface area contributed by atoms with Crippen LogP contribution in [0.15, 0.2) is 209 Å². The van der Waals surface area contributed by atoms with E-state index in [9.17, 15) is 0 Å². The fourth-order valence-electron chi connectivity index (χ4n) is 9.66. The summed E-state index contributed by atoms with van der Waals surface area (Å²) in [4.78, 5) is 2.36. The molecule has 12 rings (SSSR count). The van der Waals surface area contributed by atoms with Crippen LogP contribution in [0.3, 0.4) is 0 Å². The molecule has 0 saturated heterocycles. The predicted octanol–water partition coefficient (Wildman–Crippen LogP) is 16.3. The number of furan rings is 2. The van der Waals surface area contributed by atoms with E-state index in [-0.39, 0.29) is 5.41 Å². The van der Waals surface area contributed by atoms with Gasteiger partial charge in [0.2, 0.25) is 0 Å². The van der Waals surface area contributed by atoms with E-state index < -0.39 is 0 Å². The molecule has 60 heavy (non-hydrogen) atoms. The fourth-order valence-corrected chi connectivity index (χ4v) is 9.66. The van der Waals surface area contributed by atoms with Crippen LogP contribution in [-0.2, 0) is 5.41 Å². The van der Waals surface area contributed by atoms with Gasteiger partial charge >= 0.3 is 0 Å². The molecule has 1 aliphatic carbocycles. The van der Waals surface area contributed by atoms with Crippen LogP contribution in [0.5, 0.6) is 0 Å². The van der Waals surface area contributed by atoms with E-state index in [1.807, 2.05) is 18.2 Å². The Morgan fingerprint density at radius 2 is 0.900 bits per heavy atom. The third-order valence-electron chi connectivity index (χ3n) is 12.7. The van der Waals surface area contributed by atoms with Gasteiger partial charge in [0.05, 0.1) is 0 Å². The van der Waals surface area contributed by atoms with Crippen LogP contribution in [0.1, 0.15) is 25.0 Å². The van der Waals surface area contributed by atoms with Crippen molar-refractivity contribution in [3.8, 4) is 44.5 Å². The Morgan fingerprint density at radius 3 is 1.68 bits per heavy atom. The maximum Gasteiger partial charge on any atom is 0.136 e. The molecule has 284 valence electrons. The molecule has 2 aromatic heterocycles. The topological polar surface area (TPSA) is 29.5 Å². The van der Waals surface area contributed by atoms with Crippen molar-refractivity contribution in [2.24, 2.45) is 0 Å². The summed E-state index contributed by atoms with van der Waals surface area (Å²) in [6.45, 7) is 4.66. The van der Waals surface area contributed by atoms with Crippen LogP contribution in [0, 0.1) is 0 Å². The largest absolute Gasteiger partial charge is 0.456 e. The summed E-state index contributed by atoms with van der Waals surface area (Å²) in [6.07, 6.45) is 0. The van der Waals surface area contributed by atoms with Crippen molar-refractivity contribution < 1.29 is 8.83 Å². The number of hydrogen-bond donors (Lipinski definition) is 0. The van der Waals surface area contributed by atoms with E-state index >= 15 is 0 Å². The van der Waals surface area contributed by atoms with E-state index in [0.29, 0.717) is 0 Å². The van der Waals surface area contributed by atoms with Crippen molar-refractivity contribution in [2.45, 2.75) is 19.3 Å². The second-order valence-electron chi connectivity index (χ2n) is 16.5. The highest BCUT2D eigenvalue weighted by molar-refractivity contribution is 6.12. The Labute approximate surface area is 348 Å². The van der Waals surface area contributed by atoms with Gasteiger partial charge in [-0.2, -0.15) is 0 Å². The highest BCUT2D eigenvalue weighted by Gasteiger charge is 2.36. The monoisotopic (exact) mass is 769 g/mol. The molecular formula is C57H39NO2. The SMILES string of the molecule is CC1(C)c2ccc(-c3ccc(N(c4ccc(-c5cccc6oc7ccccc7c56)cc4)c4cccc(-c5ccccc5)c4)cc3)cc2-c2cc3c(cc21)oc1ccccc13. The molecule has 0 fully saturated rings. The van der Waals surface area contributed by atoms with Gasteiger partial charge in [-0.25, -0.2) is 0 Å². The van der Waals surface area contributed by atoms with Gasteiger partial charge in [-0.1, -0.05) is 141 Å². The number of rotatable bonds is 6. The molecule has 3 nitrogen and oxygen atoms in total. The molecule has 0 unspecified atom stereocenters. The Hall–Kier alpha value is -7.62. The standard InChI is InChI=1S/C57H39NO2/c1-57(2)50-31-26-40(33-47(50)48-34-49-45-16-6-8-19-52(45)60-55(49)35-51(48)57)37-22-27-41(28-23-37)58(43-15-10-14-39(32-43)36-12-4-3-5-13-36)42-29-24-38(25-30-42)44-18-11-21-54-56(44)46-17-7-9-20-53(46)59-54/h3-35H,1-2H3. The molecule has 0 spiro atoms. The molecule has 9 aromatic carbocycles. The number of anilines is 3. The first-order valence-corrected chi connectivity index (χ1v) is 20.7. The average Bonchev–Trinajstić information content (AvgIpc) is 3.94. The van der Waals surface area contributed by atoms with Gasteiger partial charge in [0.15, 0.2) is 0 Å². The molecule has 2 heterocycles. The molecule has 0 radical (unpaired) electrons. The van der Waals surface area contributed by atoms with Crippen LogP contribution in [0.2, 0.25) is 0 Å². The molecule has 11 aromatic rings. The molecule has 1 aliphatic rings. The summed E-state index contributed by atoms with van der Waals surface area (Å²) in [7, 11) is 0. The van der Waals surface area contributed by atoms with Gasteiger partial charge in [-0.15, -0.1) is 0 Å². The zero-order chi connectivity index (χ0) is 40.0. The fraction of sp³-hybridized carbons (Fsp3) is 0.0526. The highest BCUT2D eigenvalue weighted by Crippen LogP contribution is 2.52. The van der Waals surface area contributed by atoms with E-state index in [0.717, 1.165) is 66.7 Å². The second kappa shape index (κ2) is 13.2. The van der Waals surface area contributed by atoms with Gasteiger partial charge in [-0.3, -0.25) is 0 Å². The third kappa shape index (κ3) is 5.36. The van der Waals surface area contributed by atoms with Crippen LogP contribution in [-0.4, -0.2) is 0 Å². The molecule has 0 aliphatic heterocycles. The maximum absolute atomic E-state index is 6.33. The number of benzene rings is 9. The quantitative estimate of drug-likeness (QED) is 0.169. The Balaban J connectivity index is 0.942. The first-order valence-electron chi connectivity index (χ1n) is 20.7. The molecule has 0 bridgehead atoms. The van der Waals surface area contributed by atoms with Gasteiger partial charge < -0.3 is 13.7 Å².